The highest BCUT2D eigenvalue weighted by molar-refractivity contribution is 9.10. The van der Waals surface area contributed by atoms with E-state index in [0.29, 0.717) is 17.0 Å². The average Bonchev–Trinajstić information content (AvgIpc) is 2.50. The summed E-state index contributed by atoms with van der Waals surface area (Å²) in [7, 11) is 0. The minimum atomic E-state index is -0.559. The van der Waals surface area contributed by atoms with Crippen LogP contribution in [0, 0.1) is 17.2 Å². The minimum Gasteiger partial charge on any atom is -0.293 e. The van der Waals surface area contributed by atoms with Crippen molar-refractivity contribution in [3.63, 3.8) is 0 Å². The zero-order valence-corrected chi connectivity index (χ0v) is 9.39. The molecule has 70 valence electrons. The number of hydrogen-bond donors (Lipinski definition) is 0. The Balaban J connectivity index is 2.60. The van der Waals surface area contributed by atoms with Crippen molar-refractivity contribution >= 4 is 33.3 Å². The standard InChI is InChI=1S/C10H5BrClNO/c11-8-2-1-6-7(9(8)12)3-5(4-13)10(6)14/h1-2,5H,3H2. The minimum absolute atomic E-state index is 0.114. The molecule has 1 aromatic carbocycles. The van der Waals surface area contributed by atoms with E-state index in [1.807, 2.05) is 6.07 Å². The van der Waals surface area contributed by atoms with Crippen LogP contribution < -0.4 is 0 Å². The summed E-state index contributed by atoms with van der Waals surface area (Å²) in [6.45, 7) is 0. The zero-order chi connectivity index (χ0) is 10.3. The molecule has 2 rings (SSSR count). The quantitative estimate of drug-likeness (QED) is 0.727. The summed E-state index contributed by atoms with van der Waals surface area (Å²) < 4.78 is 0.768. The van der Waals surface area contributed by atoms with Crippen LogP contribution in [0.15, 0.2) is 16.6 Å². The molecule has 0 aromatic heterocycles. The van der Waals surface area contributed by atoms with E-state index in [1.165, 1.54) is 0 Å². The van der Waals surface area contributed by atoms with E-state index < -0.39 is 5.92 Å². The number of carbonyl (C=O) groups is 1. The average molecular weight is 271 g/mol. The monoisotopic (exact) mass is 269 g/mol. The van der Waals surface area contributed by atoms with Crippen molar-refractivity contribution in [1.82, 2.24) is 0 Å². The Kier molecular flexibility index (Phi) is 2.34. The van der Waals surface area contributed by atoms with E-state index in [1.54, 1.807) is 12.1 Å². The topological polar surface area (TPSA) is 40.9 Å². The molecule has 0 spiro atoms. The maximum Gasteiger partial charge on any atom is 0.180 e. The predicted molar refractivity (Wildman–Crippen MR) is 56.3 cm³/mol. The van der Waals surface area contributed by atoms with Crippen LogP contribution in [0.2, 0.25) is 5.02 Å². The van der Waals surface area contributed by atoms with Gasteiger partial charge in [-0.1, -0.05) is 11.6 Å². The Morgan fingerprint density at radius 1 is 1.57 bits per heavy atom. The van der Waals surface area contributed by atoms with Crippen LogP contribution >= 0.6 is 27.5 Å². The highest BCUT2D eigenvalue weighted by Crippen LogP contribution is 2.36. The Morgan fingerprint density at radius 3 is 2.93 bits per heavy atom. The SMILES string of the molecule is N#CC1Cc2c(ccc(Br)c2Cl)C1=O. The summed E-state index contributed by atoms with van der Waals surface area (Å²) in [5.74, 6) is -0.673. The maximum atomic E-state index is 11.6. The molecule has 0 saturated carbocycles. The fraction of sp³-hybridized carbons (Fsp3) is 0.200. The maximum absolute atomic E-state index is 11.6. The van der Waals surface area contributed by atoms with Gasteiger partial charge in [-0.25, -0.2) is 0 Å². The molecule has 1 unspecified atom stereocenters. The predicted octanol–water partition coefficient (Wildman–Crippen LogP) is 2.98. The first-order chi connectivity index (χ1) is 6.65. The number of ketones is 1. The van der Waals surface area contributed by atoms with Gasteiger partial charge in [-0.15, -0.1) is 0 Å². The van der Waals surface area contributed by atoms with Gasteiger partial charge >= 0.3 is 0 Å². The molecule has 0 aliphatic heterocycles. The van der Waals surface area contributed by atoms with E-state index in [-0.39, 0.29) is 5.78 Å². The van der Waals surface area contributed by atoms with Crippen LogP contribution in [0.5, 0.6) is 0 Å². The van der Waals surface area contributed by atoms with Gasteiger partial charge in [0, 0.05) is 10.0 Å². The summed E-state index contributed by atoms with van der Waals surface area (Å²) in [4.78, 5) is 11.6. The number of Topliss-reactive ketones (excluding diaryl/α,β-unsaturated/α-hetero) is 1. The number of rotatable bonds is 0. The smallest absolute Gasteiger partial charge is 0.180 e. The third-order valence-corrected chi connectivity index (χ3v) is 3.66. The van der Waals surface area contributed by atoms with Crippen molar-refractivity contribution in [3.8, 4) is 6.07 Å². The number of nitriles is 1. The van der Waals surface area contributed by atoms with Gasteiger partial charge in [-0.3, -0.25) is 4.79 Å². The number of fused-ring (bicyclic) bond motifs is 1. The van der Waals surface area contributed by atoms with Gasteiger partial charge in [0.1, 0.15) is 5.92 Å². The molecule has 1 aliphatic rings. The molecule has 1 atom stereocenters. The summed E-state index contributed by atoms with van der Waals surface area (Å²) in [5, 5.41) is 9.29. The number of benzene rings is 1. The lowest BCUT2D eigenvalue weighted by Crippen LogP contribution is -2.05. The lowest BCUT2D eigenvalue weighted by molar-refractivity contribution is 0.0963. The summed E-state index contributed by atoms with van der Waals surface area (Å²) in [5.41, 5.74) is 1.38. The van der Waals surface area contributed by atoms with Crippen molar-refractivity contribution in [2.75, 3.05) is 0 Å². The Bertz CT molecular complexity index is 464. The molecule has 0 radical (unpaired) electrons. The molecular weight excluding hydrogens is 265 g/mol. The largest absolute Gasteiger partial charge is 0.293 e. The van der Waals surface area contributed by atoms with Gasteiger partial charge in [0.15, 0.2) is 5.78 Å². The van der Waals surface area contributed by atoms with Crippen molar-refractivity contribution < 1.29 is 4.79 Å². The van der Waals surface area contributed by atoms with Gasteiger partial charge in [-0.05, 0) is 40.0 Å². The van der Waals surface area contributed by atoms with Crippen LogP contribution in [-0.4, -0.2) is 5.78 Å². The third-order valence-electron chi connectivity index (χ3n) is 2.34. The van der Waals surface area contributed by atoms with Gasteiger partial charge in [-0.2, -0.15) is 5.26 Å². The van der Waals surface area contributed by atoms with Crippen molar-refractivity contribution in [2.45, 2.75) is 6.42 Å². The molecule has 14 heavy (non-hydrogen) atoms. The molecule has 0 heterocycles. The zero-order valence-electron chi connectivity index (χ0n) is 7.05. The Labute approximate surface area is 94.6 Å². The lowest BCUT2D eigenvalue weighted by Gasteiger charge is -2.01. The summed E-state index contributed by atoms with van der Waals surface area (Å²) in [6, 6.07) is 5.43. The van der Waals surface area contributed by atoms with Gasteiger partial charge in [0.05, 0.1) is 11.1 Å². The number of hydrogen-bond acceptors (Lipinski definition) is 2. The van der Waals surface area contributed by atoms with Crippen molar-refractivity contribution in [3.05, 3.63) is 32.8 Å². The van der Waals surface area contributed by atoms with E-state index in [9.17, 15) is 4.79 Å². The molecule has 0 amide bonds. The second kappa shape index (κ2) is 3.38. The first kappa shape index (κ1) is 9.70. The summed E-state index contributed by atoms with van der Waals surface area (Å²) >= 11 is 9.30. The van der Waals surface area contributed by atoms with Crippen LogP contribution in [-0.2, 0) is 6.42 Å². The van der Waals surface area contributed by atoms with Crippen LogP contribution in [0.4, 0.5) is 0 Å². The first-order valence-corrected chi connectivity index (χ1v) is 5.23. The van der Waals surface area contributed by atoms with Gasteiger partial charge in [0.2, 0.25) is 0 Å². The van der Waals surface area contributed by atoms with Crippen molar-refractivity contribution in [1.29, 1.82) is 5.26 Å². The molecule has 0 bridgehead atoms. The molecule has 0 fully saturated rings. The summed E-state index contributed by atoms with van der Waals surface area (Å²) in [6.07, 6.45) is 0.433. The molecule has 1 aromatic rings. The number of nitrogens with zero attached hydrogens (tertiary/aromatic N) is 1. The highest BCUT2D eigenvalue weighted by atomic mass is 79.9. The van der Waals surface area contributed by atoms with E-state index in [4.69, 9.17) is 16.9 Å². The fourth-order valence-electron chi connectivity index (χ4n) is 1.61. The Hall–Kier alpha value is -0.850. The molecule has 1 aliphatic carbocycles. The van der Waals surface area contributed by atoms with Gasteiger partial charge in [0.25, 0.3) is 0 Å². The number of halogens is 2. The molecule has 0 N–H and O–H groups in total. The van der Waals surface area contributed by atoms with Gasteiger partial charge < -0.3 is 0 Å². The molecule has 4 heteroatoms. The van der Waals surface area contributed by atoms with Crippen molar-refractivity contribution in [2.24, 2.45) is 5.92 Å². The fourth-order valence-corrected chi connectivity index (χ4v) is 2.23. The van der Waals surface area contributed by atoms with E-state index >= 15 is 0 Å². The van der Waals surface area contributed by atoms with Crippen LogP contribution in [0.25, 0.3) is 0 Å². The normalized spacial score (nSPS) is 19.2. The molecule has 2 nitrogen and oxygen atoms in total. The highest BCUT2D eigenvalue weighted by Gasteiger charge is 2.32. The second-order valence-electron chi connectivity index (χ2n) is 3.14. The number of carbonyl (C=O) groups excluding carboxylic acids is 1. The molecular formula is C10H5BrClNO. The second-order valence-corrected chi connectivity index (χ2v) is 4.37. The van der Waals surface area contributed by atoms with E-state index in [2.05, 4.69) is 15.9 Å². The van der Waals surface area contributed by atoms with Crippen LogP contribution in [0.1, 0.15) is 15.9 Å². The molecule has 0 saturated heterocycles. The van der Waals surface area contributed by atoms with Crippen LogP contribution in [0.3, 0.4) is 0 Å². The lowest BCUT2D eigenvalue weighted by atomic mass is 10.1. The first-order valence-electron chi connectivity index (χ1n) is 4.06. The third kappa shape index (κ3) is 1.26. The van der Waals surface area contributed by atoms with E-state index in [0.717, 1.165) is 10.0 Å². The Morgan fingerprint density at radius 2 is 2.29 bits per heavy atom.